The van der Waals surface area contributed by atoms with Gasteiger partial charge in [0.1, 0.15) is 4.88 Å². The first-order chi connectivity index (χ1) is 9.20. The smallest absolute Gasteiger partial charge is 0.347 e. The highest BCUT2D eigenvalue weighted by Gasteiger charge is 2.19. The van der Waals surface area contributed by atoms with Gasteiger partial charge in [0.2, 0.25) is 0 Å². The number of carbonyl (C=O) groups is 1. The lowest BCUT2D eigenvalue weighted by Crippen LogP contribution is -2.08. The minimum atomic E-state index is -0.807. The molecule has 19 heavy (non-hydrogen) atoms. The Morgan fingerprint density at radius 3 is 2.68 bits per heavy atom. The molecule has 0 unspecified atom stereocenters. The van der Waals surface area contributed by atoms with Gasteiger partial charge in [-0.2, -0.15) is 0 Å². The molecule has 1 fully saturated rings. The van der Waals surface area contributed by atoms with Crippen molar-refractivity contribution >= 4 is 17.3 Å². The monoisotopic (exact) mass is 281 g/mol. The average molecular weight is 281 g/mol. The summed E-state index contributed by atoms with van der Waals surface area (Å²) in [7, 11) is 0. The highest BCUT2D eigenvalue weighted by atomic mass is 32.1. The second-order valence-electron chi connectivity index (χ2n) is 5.48. The van der Waals surface area contributed by atoms with E-state index < -0.39 is 5.97 Å². The fourth-order valence-electron chi connectivity index (χ4n) is 2.87. The van der Waals surface area contributed by atoms with Gasteiger partial charge in [-0.3, -0.25) is 0 Å². The number of hydrogen-bond donors (Lipinski definition) is 1. The predicted molar refractivity (Wildman–Crippen MR) is 78.0 cm³/mol. The van der Waals surface area contributed by atoms with Gasteiger partial charge >= 0.3 is 5.97 Å². The second-order valence-corrected chi connectivity index (χ2v) is 6.56. The highest BCUT2D eigenvalue weighted by Crippen LogP contribution is 2.29. The molecule has 1 aliphatic rings. The summed E-state index contributed by atoms with van der Waals surface area (Å²) in [6.07, 6.45) is 10.5. The van der Waals surface area contributed by atoms with Crippen LogP contribution in [0.3, 0.4) is 0 Å². The molecule has 0 spiro atoms. The fraction of sp³-hybridized carbons (Fsp3) is 0.733. The standard InChI is InChI=1S/C15H23NO2S/c1-2-6-13-16-12(14(19-13)15(17)18)10-9-11-7-4-3-5-8-11/h11H,2-10H2,1H3,(H,17,18). The number of carboxylic acids is 1. The number of nitrogens with zero attached hydrogens (tertiary/aromatic N) is 1. The Hall–Kier alpha value is -0.900. The van der Waals surface area contributed by atoms with Crippen molar-refractivity contribution in [3.63, 3.8) is 0 Å². The SMILES string of the molecule is CCCc1nc(CCC2CCCCC2)c(C(=O)O)s1. The molecule has 0 amide bonds. The summed E-state index contributed by atoms with van der Waals surface area (Å²) >= 11 is 1.37. The number of carboxylic acid groups (broad SMARTS) is 1. The second kappa shape index (κ2) is 7.04. The van der Waals surface area contributed by atoms with Crippen molar-refractivity contribution in [3.05, 3.63) is 15.6 Å². The predicted octanol–water partition coefficient (Wildman–Crippen LogP) is 4.31. The molecule has 0 bridgehead atoms. The maximum absolute atomic E-state index is 11.3. The van der Waals surface area contributed by atoms with E-state index in [-0.39, 0.29) is 0 Å². The Balaban J connectivity index is 1.99. The van der Waals surface area contributed by atoms with Crippen molar-refractivity contribution in [1.29, 1.82) is 0 Å². The lowest BCUT2D eigenvalue weighted by Gasteiger charge is -2.20. The van der Waals surface area contributed by atoms with Gasteiger partial charge in [0.15, 0.2) is 0 Å². The molecule has 2 rings (SSSR count). The zero-order valence-electron chi connectivity index (χ0n) is 11.7. The molecule has 1 heterocycles. The summed E-state index contributed by atoms with van der Waals surface area (Å²) in [4.78, 5) is 16.3. The van der Waals surface area contributed by atoms with Crippen LogP contribution in [0.4, 0.5) is 0 Å². The third-order valence-corrected chi connectivity index (χ3v) is 5.06. The van der Waals surface area contributed by atoms with Gasteiger partial charge in [-0.05, 0) is 31.6 Å². The molecular formula is C15H23NO2S. The zero-order valence-corrected chi connectivity index (χ0v) is 12.5. The minimum absolute atomic E-state index is 0.472. The lowest BCUT2D eigenvalue weighted by atomic mass is 9.86. The van der Waals surface area contributed by atoms with Gasteiger partial charge in [0, 0.05) is 0 Å². The first-order valence-corrected chi connectivity index (χ1v) is 8.24. The van der Waals surface area contributed by atoms with Crippen LogP contribution in [0.25, 0.3) is 0 Å². The van der Waals surface area contributed by atoms with E-state index in [0.717, 1.165) is 42.3 Å². The molecule has 1 saturated carbocycles. The topological polar surface area (TPSA) is 50.2 Å². The van der Waals surface area contributed by atoms with Crippen LogP contribution in [0.15, 0.2) is 0 Å². The maximum Gasteiger partial charge on any atom is 0.347 e. The molecule has 3 nitrogen and oxygen atoms in total. The van der Waals surface area contributed by atoms with Crippen molar-refractivity contribution in [2.24, 2.45) is 5.92 Å². The Morgan fingerprint density at radius 2 is 2.05 bits per heavy atom. The molecule has 1 N–H and O–H groups in total. The van der Waals surface area contributed by atoms with Crippen molar-refractivity contribution in [3.8, 4) is 0 Å². The Morgan fingerprint density at radius 1 is 1.32 bits per heavy atom. The summed E-state index contributed by atoms with van der Waals surface area (Å²) in [5.41, 5.74) is 0.825. The first-order valence-electron chi connectivity index (χ1n) is 7.42. The first kappa shape index (κ1) is 14.5. The molecule has 0 saturated heterocycles. The van der Waals surface area contributed by atoms with Gasteiger partial charge in [0.25, 0.3) is 0 Å². The molecule has 106 valence electrons. The highest BCUT2D eigenvalue weighted by molar-refractivity contribution is 7.13. The van der Waals surface area contributed by atoms with Gasteiger partial charge in [0.05, 0.1) is 10.7 Å². The summed E-state index contributed by atoms with van der Waals surface area (Å²) in [5, 5.41) is 10.2. The molecular weight excluding hydrogens is 258 g/mol. The molecule has 0 aromatic carbocycles. The number of thiazole rings is 1. The number of aromatic nitrogens is 1. The van der Waals surface area contributed by atoms with Crippen LogP contribution in [0, 0.1) is 5.92 Å². The number of aromatic carboxylic acids is 1. The number of hydrogen-bond acceptors (Lipinski definition) is 3. The molecule has 1 aromatic heterocycles. The summed E-state index contributed by atoms with van der Waals surface area (Å²) in [5.74, 6) is -0.0229. The van der Waals surface area contributed by atoms with Gasteiger partial charge in [-0.15, -0.1) is 11.3 Å². The van der Waals surface area contributed by atoms with Gasteiger partial charge < -0.3 is 5.11 Å². The molecule has 0 radical (unpaired) electrons. The third kappa shape index (κ3) is 4.03. The van der Waals surface area contributed by atoms with Crippen molar-refractivity contribution in [2.45, 2.75) is 64.7 Å². The zero-order chi connectivity index (χ0) is 13.7. The third-order valence-electron chi connectivity index (χ3n) is 3.91. The van der Waals surface area contributed by atoms with Crippen LogP contribution in [0.5, 0.6) is 0 Å². The van der Waals surface area contributed by atoms with E-state index in [1.165, 1.54) is 43.4 Å². The van der Waals surface area contributed by atoms with Crippen LogP contribution >= 0.6 is 11.3 Å². The molecule has 1 aliphatic carbocycles. The van der Waals surface area contributed by atoms with E-state index in [0.29, 0.717) is 4.88 Å². The lowest BCUT2D eigenvalue weighted by molar-refractivity contribution is 0.0700. The number of aryl methyl sites for hydroxylation is 2. The van der Waals surface area contributed by atoms with Crippen LogP contribution < -0.4 is 0 Å². The normalized spacial score (nSPS) is 16.7. The van der Waals surface area contributed by atoms with Crippen molar-refractivity contribution in [2.75, 3.05) is 0 Å². The molecule has 0 atom stereocenters. The minimum Gasteiger partial charge on any atom is -0.477 e. The van der Waals surface area contributed by atoms with E-state index in [1.54, 1.807) is 0 Å². The van der Waals surface area contributed by atoms with Crippen LogP contribution in [0.2, 0.25) is 0 Å². The summed E-state index contributed by atoms with van der Waals surface area (Å²) < 4.78 is 0. The fourth-order valence-corrected chi connectivity index (χ4v) is 3.93. The number of rotatable bonds is 6. The van der Waals surface area contributed by atoms with Crippen molar-refractivity contribution in [1.82, 2.24) is 4.98 Å². The molecule has 4 heteroatoms. The van der Waals surface area contributed by atoms with Crippen LogP contribution in [-0.4, -0.2) is 16.1 Å². The van der Waals surface area contributed by atoms with E-state index in [4.69, 9.17) is 0 Å². The van der Waals surface area contributed by atoms with E-state index in [2.05, 4.69) is 11.9 Å². The Labute approximate surface area is 119 Å². The summed E-state index contributed by atoms with van der Waals surface area (Å²) in [6, 6.07) is 0. The van der Waals surface area contributed by atoms with E-state index in [1.807, 2.05) is 0 Å². The Bertz CT molecular complexity index is 422. The quantitative estimate of drug-likeness (QED) is 0.845. The van der Waals surface area contributed by atoms with E-state index in [9.17, 15) is 9.90 Å². The average Bonchev–Trinajstić information content (AvgIpc) is 2.81. The Kier molecular flexibility index (Phi) is 5.37. The van der Waals surface area contributed by atoms with Gasteiger partial charge in [-0.1, -0.05) is 39.0 Å². The van der Waals surface area contributed by atoms with E-state index >= 15 is 0 Å². The van der Waals surface area contributed by atoms with Crippen molar-refractivity contribution < 1.29 is 9.90 Å². The van der Waals surface area contributed by atoms with Gasteiger partial charge in [-0.25, -0.2) is 9.78 Å². The largest absolute Gasteiger partial charge is 0.477 e. The molecule has 0 aliphatic heterocycles. The molecule has 1 aromatic rings. The van der Waals surface area contributed by atoms with Crippen LogP contribution in [0.1, 0.15) is 72.2 Å². The van der Waals surface area contributed by atoms with Crippen LogP contribution in [-0.2, 0) is 12.8 Å². The summed E-state index contributed by atoms with van der Waals surface area (Å²) in [6.45, 7) is 2.10. The maximum atomic E-state index is 11.3.